The summed E-state index contributed by atoms with van der Waals surface area (Å²) in [7, 11) is 0. The molecule has 0 aliphatic rings. The molecule has 2 rings (SSSR count). The fourth-order valence-corrected chi connectivity index (χ4v) is 5.94. The Morgan fingerprint density at radius 2 is 0.640 bits per heavy atom. The molecule has 0 aromatic heterocycles. The molecule has 0 unspecified atom stereocenters. The van der Waals surface area contributed by atoms with Crippen molar-refractivity contribution in [1.29, 1.82) is 0 Å². The third-order valence-corrected chi connectivity index (χ3v) is 10.0. The molecule has 0 aliphatic carbocycles. The van der Waals surface area contributed by atoms with Gasteiger partial charge in [-0.3, -0.25) is 5.32 Å². The number of anilines is 1. The lowest BCUT2D eigenvalue weighted by molar-refractivity contribution is -0.167. The van der Waals surface area contributed by atoms with Crippen LogP contribution in [0.15, 0.2) is 138 Å². The highest BCUT2D eigenvalue weighted by molar-refractivity contribution is 6.01. The molecule has 402 valence electrons. The van der Waals surface area contributed by atoms with Gasteiger partial charge in [-0.25, -0.2) is 47.9 Å². The minimum Gasteiger partial charge on any atom is -0.462 e. The molecule has 23 heteroatoms. The van der Waals surface area contributed by atoms with Gasteiger partial charge in [-0.2, -0.15) is 0 Å². The van der Waals surface area contributed by atoms with Crippen molar-refractivity contribution in [1.82, 2.24) is 5.32 Å². The molecule has 0 aliphatic heterocycles. The van der Waals surface area contributed by atoms with Gasteiger partial charge in [-0.15, -0.1) is 0 Å². The second kappa shape index (κ2) is 32.1. The van der Waals surface area contributed by atoms with Crippen LogP contribution in [0.2, 0.25) is 0 Å². The van der Waals surface area contributed by atoms with E-state index in [4.69, 9.17) is 52.1 Å². The number of rotatable bonds is 35. The third kappa shape index (κ3) is 22.0. The second-order valence-corrected chi connectivity index (χ2v) is 15.9. The van der Waals surface area contributed by atoms with E-state index in [-0.39, 0.29) is 12.2 Å². The Morgan fingerprint density at radius 3 is 0.973 bits per heavy atom. The molecule has 0 heterocycles. The van der Waals surface area contributed by atoms with E-state index in [1.807, 2.05) is 0 Å². The minimum atomic E-state index is -1.70. The van der Waals surface area contributed by atoms with Crippen LogP contribution in [0.1, 0.15) is 5.56 Å². The van der Waals surface area contributed by atoms with Gasteiger partial charge < -0.3 is 57.4 Å². The number of amides is 2. The SMILES string of the molecule is C=CC(=O)OCC(COCC(COC(=O)C=C)(COC(=O)C=C)COC(=O)NCc1cccc2c(NC(=O)OCC(COC(=O)C=C)(COC(=O)C=C)COC(=O)C=C)cccc12)(COC(=O)C=C)COC(=O)C=C. The molecule has 2 aromatic carbocycles. The predicted molar refractivity (Wildman–Crippen MR) is 264 cm³/mol. The number of carbonyl (C=O) groups excluding carboxylic acids is 10. The molecule has 23 nitrogen and oxygen atoms in total. The summed E-state index contributed by atoms with van der Waals surface area (Å²) in [5, 5.41) is 6.22. The molecule has 2 amide bonds. The van der Waals surface area contributed by atoms with Crippen LogP contribution in [-0.2, 0) is 97.0 Å². The van der Waals surface area contributed by atoms with E-state index in [9.17, 15) is 47.9 Å². The van der Waals surface area contributed by atoms with E-state index in [1.54, 1.807) is 36.4 Å². The molecule has 0 saturated heterocycles. The van der Waals surface area contributed by atoms with Gasteiger partial charge >= 0.3 is 59.9 Å². The molecule has 0 spiro atoms. The van der Waals surface area contributed by atoms with E-state index >= 15 is 0 Å². The lowest BCUT2D eigenvalue weighted by Gasteiger charge is -2.35. The monoisotopic (exact) mass is 1050 g/mol. The standard InChI is InChI=1S/C52H58N2O21/c1-9-40(55)66-26-50(27-67-41(56)10-2,28-68-42(57)11-3)24-65-25-51(29-69-43(58)12-4,30-70-44(59)13-5)34-74-48(63)53-23-36-19-17-21-38-37(36)20-18-22-39(38)54-49(64)75-35-52(31-71-45(60)14-6,32-72-46(61)15-7)33-73-47(62)16-8/h9-22H,1-8,23-35H2,(H,53,63)(H,54,64). The average Bonchev–Trinajstić information content (AvgIpc) is 3.43. The van der Waals surface area contributed by atoms with Gasteiger partial charge in [0.05, 0.1) is 29.7 Å². The zero-order valence-electron chi connectivity index (χ0n) is 41.0. The first-order valence-corrected chi connectivity index (χ1v) is 22.1. The first kappa shape index (κ1) is 62.0. The average molecular weight is 1050 g/mol. The Labute approximate surface area is 431 Å². The summed E-state index contributed by atoms with van der Waals surface area (Å²) in [6.45, 7) is 19.6. The molecule has 0 saturated carbocycles. The minimum absolute atomic E-state index is 0.178. The Bertz CT molecular complexity index is 2350. The molecule has 75 heavy (non-hydrogen) atoms. The number of esters is 8. The van der Waals surface area contributed by atoms with Crippen molar-refractivity contribution in [2.45, 2.75) is 6.54 Å². The lowest BCUT2D eigenvalue weighted by atomic mass is 9.90. The van der Waals surface area contributed by atoms with Crippen LogP contribution >= 0.6 is 0 Å². The number of hydrogen-bond donors (Lipinski definition) is 2. The van der Waals surface area contributed by atoms with Crippen molar-refractivity contribution >= 4 is 76.4 Å². The summed E-state index contributed by atoms with van der Waals surface area (Å²) in [5.74, 6) is -7.16. The van der Waals surface area contributed by atoms with Gasteiger partial charge in [0.1, 0.15) is 71.5 Å². The Hall–Kier alpha value is -9.12. The van der Waals surface area contributed by atoms with Crippen LogP contribution in [-0.4, -0.2) is 139 Å². The maximum absolute atomic E-state index is 13.5. The Morgan fingerprint density at radius 1 is 0.360 bits per heavy atom. The zero-order valence-corrected chi connectivity index (χ0v) is 41.0. The maximum Gasteiger partial charge on any atom is 0.411 e. The highest BCUT2D eigenvalue weighted by Crippen LogP contribution is 2.29. The van der Waals surface area contributed by atoms with E-state index < -0.39 is 155 Å². The maximum atomic E-state index is 13.5. The molecule has 2 aromatic rings. The Balaban J connectivity index is 2.42. The van der Waals surface area contributed by atoms with Crippen LogP contribution in [0.25, 0.3) is 10.8 Å². The van der Waals surface area contributed by atoms with E-state index in [2.05, 4.69) is 63.3 Å². The quantitative estimate of drug-likeness (QED) is 0.0548. The zero-order chi connectivity index (χ0) is 55.9. The number of alkyl carbamates (subject to hydrolysis) is 1. The van der Waals surface area contributed by atoms with Crippen LogP contribution in [0.5, 0.6) is 0 Å². The summed E-state index contributed by atoms with van der Waals surface area (Å²) in [6, 6.07) is 9.78. The highest BCUT2D eigenvalue weighted by atomic mass is 16.6. The highest BCUT2D eigenvalue weighted by Gasteiger charge is 2.41. The fraction of sp³-hybridized carbons (Fsp3) is 0.308. The number of benzene rings is 2. The number of fused-ring (bicyclic) bond motifs is 1. The van der Waals surface area contributed by atoms with Crippen LogP contribution in [0, 0.1) is 16.2 Å². The third-order valence-electron chi connectivity index (χ3n) is 10.0. The van der Waals surface area contributed by atoms with Crippen molar-refractivity contribution in [3.63, 3.8) is 0 Å². The number of ether oxygens (including phenoxy) is 11. The van der Waals surface area contributed by atoms with E-state index in [1.165, 1.54) is 0 Å². The van der Waals surface area contributed by atoms with Crippen LogP contribution in [0.3, 0.4) is 0 Å². The summed E-state index contributed by atoms with van der Waals surface area (Å²) < 4.78 is 59.0. The topological polar surface area (TPSA) is 296 Å². The van der Waals surface area contributed by atoms with Gasteiger partial charge in [0.25, 0.3) is 0 Å². The number of hydrogen-bond acceptors (Lipinski definition) is 21. The molecule has 0 radical (unpaired) electrons. The van der Waals surface area contributed by atoms with Gasteiger partial charge in [0.2, 0.25) is 0 Å². The Kier molecular flexibility index (Phi) is 26.5. The van der Waals surface area contributed by atoms with Crippen molar-refractivity contribution in [3.05, 3.63) is 143 Å². The predicted octanol–water partition coefficient (Wildman–Crippen LogP) is 4.42. The van der Waals surface area contributed by atoms with Gasteiger partial charge in [0, 0.05) is 60.5 Å². The smallest absolute Gasteiger partial charge is 0.411 e. The van der Waals surface area contributed by atoms with Crippen molar-refractivity contribution in [2.75, 3.05) is 84.6 Å². The molecule has 2 N–H and O–H groups in total. The van der Waals surface area contributed by atoms with Crippen molar-refractivity contribution in [2.24, 2.45) is 16.2 Å². The summed E-state index contributed by atoms with van der Waals surface area (Å²) >= 11 is 0. The van der Waals surface area contributed by atoms with Gasteiger partial charge in [-0.1, -0.05) is 83.0 Å². The van der Waals surface area contributed by atoms with Crippen LogP contribution in [0.4, 0.5) is 15.3 Å². The molecular weight excluding hydrogens is 989 g/mol. The molecular formula is C52H58N2O21. The van der Waals surface area contributed by atoms with Gasteiger partial charge in [0.15, 0.2) is 0 Å². The second-order valence-electron chi connectivity index (χ2n) is 15.9. The normalized spacial score (nSPS) is 10.8. The first-order chi connectivity index (χ1) is 35.8. The van der Waals surface area contributed by atoms with Crippen molar-refractivity contribution < 1.29 is 100 Å². The summed E-state index contributed by atoms with van der Waals surface area (Å²) in [5.41, 5.74) is -4.19. The van der Waals surface area contributed by atoms with E-state index in [0.29, 0.717) is 16.3 Å². The van der Waals surface area contributed by atoms with E-state index in [0.717, 1.165) is 48.6 Å². The first-order valence-electron chi connectivity index (χ1n) is 22.1. The molecule has 0 atom stereocenters. The number of carbonyl (C=O) groups is 10. The molecule has 0 bridgehead atoms. The van der Waals surface area contributed by atoms with Gasteiger partial charge in [-0.05, 0) is 17.0 Å². The summed E-state index contributed by atoms with van der Waals surface area (Å²) in [4.78, 5) is 124. The van der Waals surface area contributed by atoms with Crippen molar-refractivity contribution in [3.8, 4) is 0 Å². The largest absolute Gasteiger partial charge is 0.462 e. The lowest BCUT2D eigenvalue weighted by Crippen LogP contribution is -2.47. The van der Waals surface area contributed by atoms with Crippen LogP contribution < -0.4 is 10.6 Å². The molecule has 0 fully saturated rings. The summed E-state index contributed by atoms with van der Waals surface area (Å²) in [6.07, 6.45) is 4.80. The fourth-order valence-electron chi connectivity index (χ4n) is 5.94. The number of nitrogens with one attached hydrogen (secondary N) is 2.